The maximum Gasteiger partial charge on any atom is 0.328 e. The van der Waals surface area contributed by atoms with Crippen molar-refractivity contribution >= 4 is 28.5 Å². The van der Waals surface area contributed by atoms with E-state index in [1.165, 1.54) is 16.9 Å². The molecule has 8 nitrogen and oxygen atoms in total. The smallest absolute Gasteiger partial charge is 0.328 e. The summed E-state index contributed by atoms with van der Waals surface area (Å²) in [6.45, 7) is 5.62. The Morgan fingerprint density at radius 2 is 1.91 bits per heavy atom. The Bertz CT molecular complexity index is 1250. The van der Waals surface area contributed by atoms with Crippen molar-refractivity contribution in [2.75, 3.05) is 11.4 Å². The van der Waals surface area contributed by atoms with Gasteiger partial charge in [0, 0.05) is 24.7 Å². The number of carboxylic acids is 1. The van der Waals surface area contributed by atoms with Crippen molar-refractivity contribution < 1.29 is 9.90 Å². The number of aromatic nitrogens is 5. The van der Waals surface area contributed by atoms with Crippen molar-refractivity contribution in [2.24, 2.45) is 0 Å². The van der Waals surface area contributed by atoms with Gasteiger partial charge in [-0.1, -0.05) is 66.8 Å². The van der Waals surface area contributed by atoms with Crippen LogP contribution in [-0.4, -0.2) is 43.2 Å². The van der Waals surface area contributed by atoms with Gasteiger partial charge in [-0.05, 0) is 41.3 Å². The first-order valence-electron chi connectivity index (χ1n) is 10.6. The topological polar surface area (TPSA) is 108 Å². The highest BCUT2D eigenvalue weighted by Gasteiger charge is 2.15. The van der Waals surface area contributed by atoms with Crippen LogP contribution in [0.1, 0.15) is 29.5 Å². The van der Waals surface area contributed by atoms with Gasteiger partial charge < -0.3 is 10.0 Å². The van der Waals surface area contributed by atoms with Crippen molar-refractivity contribution in [1.29, 1.82) is 0 Å². The first-order chi connectivity index (χ1) is 16.0. The molecule has 4 rings (SSSR count). The Morgan fingerprint density at radius 1 is 1.15 bits per heavy atom. The maximum atomic E-state index is 10.9. The van der Waals surface area contributed by atoms with Gasteiger partial charge in [0.15, 0.2) is 5.13 Å². The molecule has 2 aromatic heterocycles. The Morgan fingerprint density at radius 3 is 2.58 bits per heavy atom. The second kappa shape index (κ2) is 10.2. The number of carbonyl (C=O) groups is 1. The van der Waals surface area contributed by atoms with E-state index in [2.05, 4.69) is 67.8 Å². The van der Waals surface area contributed by atoms with Gasteiger partial charge in [0.2, 0.25) is 5.82 Å². The molecule has 2 heterocycles. The van der Waals surface area contributed by atoms with Crippen LogP contribution < -0.4 is 4.90 Å². The molecule has 4 aromatic rings. The molecule has 0 aliphatic carbocycles. The molecule has 0 saturated heterocycles. The zero-order chi connectivity index (χ0) is 23.2. The molecule has 0 atom stereocenters. The van der Waals surface area contributed by atoms with Crippen molar-refractivity contribution in [3.8, 4) is 22.5 Å². The lowest BCUT2D eigenvalue weighted by Crippen LogP contribution is -2.23. The zero-order valence-corrected chi connectivity index (χ0v) is 19.2. The first-order valence-corrected chi connectivity index (χ1v) is 11.4. The number of aliphatic carboxylic acids is 1. The molecule has 2 aromatic carbocycles. The molecule has 0 amide bonds. The summed E-state index contributed by atoms with van der Waals surface area (Å²) in [5.41, 5.74) is 5.04. The standard InChI is InChI=1S/C24H24N6O2S/c1-3-14-30(24-25-16(2)21(33-24)12-13-22(31)32)15-17-8-10-18(11-9-17)19-6-4-5-7-20(19)23-26-28-29-27-23/h4-13H,3,14-15H2,1-2H3,(H,31,32)(H,26,27,28,29)/b13-12+. The number of carboxylic acid groups (broad SMARTS) is 1. The van der Waals surface area contributed by atoms with Gasteiger partial charge >= 0.3 is 5.97 Å². The highest BCUT2D eigenvalue weighted by molar-refractivity contribution is 7.16. The predicted molar refractivity (Wildman–Crippen MR) is 130 cm³/mol. The monoisotopic (exact) mass is 460 g/mol. The predicted octanol–water partition coefficient (Wildman–Crippen LogP) is 4.81. The Kier molecular flexibility index (Phi) is 6.89. The maximum absolute atomic E-state index is 10.9. The van der Waals surface area contributed by atoms with E-state index >= 15 is 0 Å². The van der Waals surface area contributed by atoms with Crippen molar-refractivity contribution in [3.05, 3.63) is 70.7 Å². The lowest BCUT2D eigenvalue weighted by Gasteiger charge is -2.21. The number of tetrazole rings is 1. The summed E-state index contributed by atoms with van der Waals surface area (Å²) < 4.78 is 0. The van der Waals surface area contributed by atoms with Crippen LogP contribution >= 0.6 is 11.3 Å². The number of hydrogen-bond acceptors (Lipinski definition) is 7. The van der Waals surface area contributed by atoms with Gasteiger partial charge in [0.1, 0.15) is 0 Å². The normalized spacial score (nSPS) is 11.2. The number of thiazole rings is 1. The Labute approximate surface area is 195 Å². The fraction of sp³-hybridized carbons (Fsp3) is 0.208. The van der Waals surface area contributed by atoms with Crippen LogP contribution in [0.5, 0.6) is 0 Å². The molecule has 0 spiro atoms. The van der Waals surface area contributed by atoms with Crippen LogP contribution in [0.15, 0.2) is 54.6 Å². The van der Waals surface area contributed by atoms with E-state index in [0.717, 1.165) is 58.0 Å². The van der Waals surface area contributed by atoms with Crippen LogP contribution in [0.2, 0.25) is 0 Å². The minimum atomic E-state index is -0.962. The molecule has 0 fully saturated rings. The van der Waals surface area contributed by atoms with Crippen LogP contribution in [0.25, 0.3) is 28.6 Å². The number of nitrogens with zero attached hydrogens (tertiary/aromatic N) is 5. The molecule has 9 heteroatoms. The second-order valence-electron chi connectivity index (χ2n) is 7.52. The molecule has 0 aliphatic heterocycles. The molecule has 0 radical (unpaired) electrons. The number of hydrogen-bond donors (Lipinski definition) is 2. The number of aromatic amines is 1. The summed E-state index contributed by atoms with van der Waals surface area (Å²) in [7, 11) is 0. The molecule has 0 aliphatic rings. The van der Waals surface area contributed by atoms with E-state index in [0.29, 0.717) is 5.82 Å². The van der Waals surface area contributed by atoms with Crippen LogP contribution in [-0.2, 0) is 11.3 Å². The molecule has 0 saturated carbocycles. The molecule has 33 heavy (non-hydrogen) atoms. The summed E-state index contributed by atoms with van der Waals surface area (Å²) >= 11 is 1.51. The van der Waals surface area contributed by atoms with Crippen LogP contribution in [0.4, 0.5) is 5.13 Å². The highest BCUT2D eigenvalue weighted by Crippen LogP contribution is 2.31. The van der Waals surface area contributed by atoms with Gasteiger partial charge in [-0.25, -0.2) is 9.78 Å². The molecule has 168 valence electrons. The number of anilines is 1. The SMILES string of the molecule is CCCN(Cc1ccc(-c2ccccc2-c2nn[nH]n2)cc1)c1nc(C)c(/C=C/C(=O)O)s1. The second-order valence-corrected chi connectivity index (χ2v) is 8.53. The largest absolute Gasteiger partial charge is 0.478 e. The molecule has 2 N–H and O–H groups in total. The van der Waals surface area contributed by atoms with Gasteiger partial charge in [-0.15, -0.1) is 10.2 Å². The third-order valence-electron chi connectivity index (χ3n) is 5.11. The van der Waals surface area contributed by atoms with Crippen molar-refractivity contribution in [2.45, 2.75) is 26.8 Å². The third-order valence-corrected chi connectivity index (χ3v) is 6.30. The van der Waals surface area contributed by atoms with Gasteiger partial charge in [0.05, 0.1) is 10.6 Å². The summed E-state index contributed by atoms with van der Waals surface area (Å²) in [5, 5.41) is 24.2. The van der Waals surface area contributed by atoms with E-state index < -0.39 is 5.97 Å². The van der Waals surface area contributed by atoms with E-state index in [1.807, 2.05) is 25.1 Å². The first kappa shape index (κ1) is 22.3. The van der Waals surface area contributed by atoms with Crippen LogP contribution in [0, 0.1) is 6.92 Å². The van der Waals surface area contributed by atoms with Gasteiger partial charge in [-0.2, -0.15) is 5.21 Å². The number of rotatable bonds is 9. The molecule has 0 bridgehead atoms. The van der Waals surface area contributed by atoms with Gasteiger partial charge in [-0.3, -0.25) is 0 Å². The molecule has 0 unspecified atom stereocenters. The van der Waals surface area contributed by atoms with Crippen molar-refractivity contribution in [1.82, 2.24) is 25.6 Å². The minimum Gasteiger partial charge on any atom is -0.478 e. The van der Waals surface area contributed by atoms with E-state index in [1.54, 1.807) is 6.08 Å². The van der Waals surface area contributed by atoms with E-state index in [4.69, 9.17) is 5.11 Å². The zero-order valence-electron chi connectivity index (χ0n) is 18.4. The quantitative estimate of drug-likeness (QED) is 0.345. The number of benzene rings is 2. The average molecular weight is 461 g/mol. The number of aryl methyl sites for hydroxylation is 1. The fourth-order valence-electron chi connectivity index (χ4n) is 3.56. The lowest BCUT2D eigenvalue weighted by molar-refractivity contribution is -0.131. The van der Waals surface area contributed by atoms with Gasteiger partial charge in [0.25, 0.3) is 0 Å². The summed E-state index contributed by atoms with van der Waals surface area (Å²) in [4.78, 5) is 18.6. The van der Waals surface area contributed by atoms with E-state index in [-0.39, 0.29) is 0 Å². The Hall–Kier alpha value is -3.85. The highest BCUT2D eigenvalue weighted by atomic mass is 32.1. The number of H-pyrrole nitrogens is 1. The number of nitrogens with one attached hydrogen (secondary N) is 1. The lowest BCUT2D eigenvalue weighted by atomic mass is 9.98. The summed E-state index contributed by atoms with van der Waals surface area (Å²) in [6, 6.07) is 16.4. The molecular weight excluding hydrogens is 436 g/mol. The fourth-order valence-corrected chi connectivity index (χ4v) is 4.55. The van der Waals surface area contributed by atoms with Crippen LogP contribution in [0.3, 0.4) is 0 Å². The minimum absolute atomic E-state index is 0.565. The van der Waals surface area contributed by atoms with E-state index in [9.17, 15) is 4.79 Å². The third kappa shape index (κ3) is 5.32. The Balaban J connectivity index is 1.56. The summed E-state index contributed by atoms with van der Waals surface area (Å²) in [6.07, 6.45) is 3.74. The summed E-state index contributed by atoms with van der Waals surface area (Å²) in [5.74, 6) is -0.397. The van der Waals surface area contributed by atoms with Crippen molar-refractivity contribution in [3.63, 3.8) is 0 Å². The molecular formula is C24H24N6O2S. The average Bonchev–Trinajstić information content (AvgIpc) is 3.48.